The van der Waals surface area contributed by atoms with Crippen LogP contribution in [0.4, 0.5) is 11.5 Å². The van der Waals surface area contributed by atoms with Gasteiger partial charge in [-0.25, -0.2) is 4.98 Å². The summed E-state index contributed by atoms with van der Waals surface area (Å²) in [7, 11) is 0. The minimum Gasteiger partial charge on any atom is -0.384 e. The van der Waals surface area contributed by atoms with E-state index in [1.165, 1.54) is 0 Å². The molecule has 9 heteroatoms. The van der Waals surface area contributed by atoms with Crippen LogP contribution in [0, 0.1) is 0 Å². The molecule has 0 spiro atoms. The number of carbonyl (C=O) groups excluding carboxylic acids is 4. The molecule has 142 valence electrons. The number of nitrogens with two attached hydrogens (primary N) is 1. The maximum atomic E-state index is 13.0. The number of pyridine rings is 1. The van der Waals surface area contributed by atoms with Crippen LogP contribution in [0.3, 0.4) is 0 Å². The molecule has 1 fully saturated rings. The third kappa shape index (κ3) is 2.96. The number of benzene rings is 1. The summed E-state index contributed by atoms with van der Waals surface area (Å²) in [5.41, 5.74) is 7.43. The molecule has 0 bridgehead atoms. The summed E-state index contributed by atoms with van der Waals surface area (Å²) in [4.78, 5) is 54.3. The van der Waals surface area contributed by atoms with Crippen molar-refractivity contribution in [2.45, 2.75) is 25.4 Å². The Bertz CT molecular complexity index is 1000. The van der Waals surface area contributed by atoms with E-state index in [9.17, 15) is 19.2 Å². The predicted octanol–water partition coefficient (Wildman–Crippen LogP) is 0.677. The normalized spacial score (nSPS) is 18.9. The summed E-state index contributed by atoms with van der Waals surface area (Å²) in [6.07, 6.45) is 1.78. The van der Waals surface area contributed by atoms with Crippen molar-refractivity contribution in [3.8, 4) is 0 Å². The Labute approximate surface area is 159 Å². The maximum Gasteiger partial charge on any atom is 0.262 e. The number of hydrogen-bond donors (Lipinski definition) is 3. The standard InChI is InChI=1S/C19H17N5O4/c20-14-6-4-11(9-22-14)21-8-10-2-1-3-12-16(10)19(28)24(18(12)27)13-5-7-15(25)23-17(13)26/h1-4,6,9,13,21H,5,7-8H2,(H2,20,22)(H,23,25,26). The Morgan fingerprint density at radius 1 is 1.14 bits per heavy atom. The third-order valence-electron chi connectivity index (χ3n) is 4.82. The van der Waals surface area contributed by atoms with Gasteiger partial charge in [0.2, 0.25) is 11.8 Å². The predicted molar refractivity (Wildman–Crippen MR) is 99.1 cm³/mol. The highest BCUT2D eigenvalue weighted by molar-refractivity contribution is 6.24. The molecule has 0 radical (unpaired) electrons. The smallest absolute Gasteiger partial charge is 0.262 e. The first-order chi connectivity index (χ1) is 13.5. The number of nitrogen functional groups attached to an aromatic ring is 1. The second kappa shape index (κ2) is 6.76. The number of nitrogens with one attached hydrogen (secondary N) is 2. The molecule has 1 aromatic heterocycles. The van der Waals surface area contributed by atoms with Crippen molar-refractivity contribution in [1.82, 2.24) is 15.2 Å². The summed E-state index contributed by atoms with van der Waals surface area (Å²) in [6, 6.07) is 7.43. The van der Waals surface area contributed by atoms with Crippen LogP contribution in [0.5, 0.6) is 0 Å². The molecule has 4 amide bonds. The third-order valence-corrected chi connectivity index (χ3v) is 4.82. The number of nitrogens with zero attached hydrogens (tertiary/aromatic N) is 2. The van der Waals surface area contributed by atoms with Crippen LogP contribution in [0.15, 0.2) is 36.5 Å². The molecule has 0 aliphatic carbocycles. The van der Waals surface area contributed by atoms with Crippen LogP contribution in [0.2, 0.25) is 0 Å². The monoisotopic (exact) mass is 379 g/mol. The minimum absolute atomic E-state index is 0.0857. The number of aromatic nitrogens is 1. The molecule has 9 nitrogen and oxygen atoms in total. The van der Waals surface area contributed by atoms with Gasteiger partial charge in [-0.3, -0.25) is 29.4 Å². The lowest BCUT2D eigenvalue weighted by Gasteiger charge is -2.27. The van der Waals surface area contributed by atoms with E-state index in [1.54, 1.807) is 36.5 Å². The molecule has 2 aliphatic rings. The van der Waals surface area contributed by atoms with Crippen LogP contribution in [-0.4, -0.2) is 39.6 Å². The average Bonchev–Trinajstić information content (AvgIpc) is 2.93. The first-order valence-corrected chi connectivity index (χ1v) is 8.74. The molecule has 4 rings (SSSR count). The first-order valence-electron chi connectivity index (χ1n) is 8.74. The molecule has 1 unspecified atom stereocenters. The van der Waals surface area contributed by atoms with Crippen molar-refractivity contribution in [3.63, 3.8) is 0 Å². The van der Waals surface area contributed by atoms with E-state index < -0.39 is 29.7 Å². The fourth-order valence-corrected chi connectivity index (χ4v) is 3.44. The van der Waals surface area contributed by atoms with Crippen molar-refractivity contribution in [1.29, 1.82) is 0 Å². The lowest BCUT2D eigenvalue weighted by molar-refractivity contribution is -0.136. The van der Waals surface area contributed by atoms with Crippen molar-refractivity contribution < 1.29 is 19.2 Å². The first kappa shape index (κ1) is 17.7. The van der Waals surface area contributed by atoms with Gasteiger partial charge in [0, 0.05) is 13.0 Å². The number of fused-ring (bicyclic) bond motifs is 1. The summed E-state index contributed by atoms with van der Waals surface area (Å²) in [6.45, 7) is 0.289. The molecule has 0 saturated carbocycles. The van der Waals surface area contributed by atoms with E-state index in [0.29, 0.717) is 17.1 Å². The van der Waals surface area contributed by atoms with Crippen molar-refractivity contribution in [2.75, 3.05) is 11.1 Å². The van der Waals surface area contributed by atoms with Crippen molar-refractivity contribution in [2.24, 2.45) is 0 Å². The van der Waals surface area contributed by atoms with Gasteiger partial charge < -0.3 is 11.1 Å². The fourth-order valence-electron chi connectivity index (χ4n) is 3.44. The number of carbonyl (C=O) groups is 4. The molecule has 2 aliphatic heterocycles. The number of rotatable bonds is 4. The largest absolute Gasteiger partial charge is 0.384 e. The number of amides is 4. The molecule has 4 N–H and O–H groups in total. The zero-order valence-corrected chi connectivity index (χ0v) is 14.8. The second-order valence-electron chi connectivity index (χ2n) is 6.61. The van der Waals surface area contributed by atoms with Gasteiger partial charge in [-0.2, -0.15) is 0 Å². The molecule has 1 saturated heterocycles. The molecular formula is C19H17N5O4. The Balaban J connectivity index is 1.59. The Morgan fingerprint density at radius 2 is 1.96 bits per heavy atom. The van der Waals surface area contributed by atoms with Gasteiger partial charge in [0.25, 0.3) is 11.8 Å². The van der Waals surface area contributed by atoms with E-state index in [1.807, 2.05) is 0 Å². The Kier molecular flexibility index (Phi) is 4.26. The summed E-state index contributed by atoms with van der Waals surface area (Å²) in [5.74, 6) is -1.68. The van der Waals surface area contributed by atoms with E-state index in [4.69, 9.17) is 5.73 Å². The van der Waals surface area contributed by atoms with E-state index in [0.717, 1.165) is 4.90 Å². The second-order valence-corrected chi connectivity index (χ2v) is 6.61. The van der Waals surface area contributed by atoms with Crippen LogP contribution in [0.1, 0.15) is 39.1 Å². The number of anilines is 2. The topological polar surface area (TPSA) is 134 Å². The zero-order valence-electron chi connectivity index (χ0n) is 14.8. The minimum atomic E-state index is -0.979. The average molecular weight is 379 g/mol. The molecule has 3 heterocycles. The quantitative estimate of drug-likeness (QED) is 0.665. The van der Waals surface area contributed by atoms with Crippen molar-refractivity contribution in [3.05, 3.63) is 53.2 Å². The maximum absolute atomic E-state index is 13.0. The molecular weight excluding hydrogens is 362 g/mol. The highest BCUT2D eigenvalue weighted by Crippen LogP contribution is 2.30. The van der Waals surface area contributed by atoms with Crippen molar-refractivity contribution >= 4 is 35.1 Å². The Hall–Kier alpha value is -3.75. The van der Waals surface area contributed by atoms with Crippen LogP contribution in [-0.2, 0) is 16.1 Å². The molecule has 1 atom stereocenters. The van der Waals surface area contributed by atoms with Crippen LogP contribution in [0.25, 0.3) is 0 Å². The fraction of sp³-hybridized carbons (Fsp3) is 0.211. The van der Waals surface area contributed by atoms with Gasteiger partial charge in [0.05, 0.1) is 23.0 Å². The SMILES string of the molecule is Nc1ccc(NCc2cccc3c2C(=O)N(C2CCC(=O)NC2=O)C3=O)cn1. The van der Waals surface area contributed by atoms with Gasteiger partial charge >= 0.3 is 0 Å². The Morgan fingerprint density at radius 3 is 2.68 bits per heavy atom. The summed E-state index contributed by atoms with van der Waals surface area (Å²) in [5, 5.41) is 5.32. The lowest BCUT2D eigenvalue weighted by Crippen LogP contribution is -2.54. The van der Waals surface area contributed by atoms with Gasteiger partial charge in [-0.1, -0.05) is 12.1 Å². The van der Waals surface area contributed by atoms with Crippen LogP contribution >= 0.6 is 0 Å². The van der Waals surface area contributed by atoms with E-state index >= 15 is 0 Å². The lowest BCUT2D eigenvalue weighted by atomic mass is 10.0. The molecule has 1 aromatic carbocycles. The van der Waals surface area contributed by atoms with Gasteiger partial charge in [0.1, 0.15) is 11.9 Å². The van der Waals surface area contributed by atoms with E-state index in [-0.39, 0.29) is 30.5 Å². The van der Waals surface area contributed by atoms with Gasteiger partial charge in [-0.15, -0.1) is 0 Å². The van der Waals surface area contributed by atoms with E-state index in [2.05, 4.69) is 15.6 Å². The number of imide groups is 2. The van der Waals surface area contributed by atoms with Gasteiger partial charge in [0.15, 0.2) is 0 Å². The summed E-state index contributed by atoms with van der Waals surface area (Å²) < 4.78 is 0. The highest BCUT2D eigenvalue weighted by Gasteiger charge is 2.45. The van der Waals surface area contributed by atoms with Gasteiger partial charge in [-0.05, 0) is 30.2 Å². The molecule has 2 aromatic rings. The number of piperidine rings is 1. The number of hydrogen-bond acceptors (Lipinski definition) is 7. The highest BCUT2D eigenvalue weighted by atomic mass is 16.2. The van der Waals surface area contributed by atoms with Crippen LogP contribution < -0.4 is 16.4 Å². The zero-order chi connectivity index (χ0) is 19.8. The molecule has 28 heavy (non-hydrogen) atoms. The summed E-state index contributed by atoms with van der Waals surface area (Å²) >= 11 is 0.